The normalized spacial score (nSPS) is 14.6. The van der Waals surface area contributed by atoms with Crippen LogP contribution in [-0.4, -0.2) is 15.9 Å². The SMILES string of the molecule is O=C1Nc2cc(-c3cccnc3)ccc2/C1=C\c1cccc2[nH]ccc12. The molecule has 1 aliphatic heterocycles. The molecule has 0 atom stereocenters. The maximum absolute atomic E-state index is 12.6. The van der Waals surface area contributed by atoms with Gasteiger partial charge in [-0.3, -0.25) is 9.78 Å². The van der Waals surface area contributed by atoms with Crippen molar-refractivity contribution in [1.82, 2.24) is 9.97 Å². The molecule has 0 fully saturated rings. The zero-order chi connectivity index (χ0) is 17.5. The molecule has 26 heavy (non-hydrogen) atoms. The Morgan fingerprint density at radius 2 is 1.92 bits per heavy atom. The number of nitrogens with zero attached hydrogens (tertiary/aromatic N) is 1. The van der Waals surface area contributed by atoms with E-state index in [-0.39, 0.29) is 5.91 Å². The number of nitrogens with one attached hydrogen (secondary N) is 2. The lowest BCUT2D eigenvalue weighted by Crippen LogP contribution is -2.03. The van der Waals surface area contributed by atoms with E-state index in [0.717, 1.165) is 38.8 Å². The Balaban J connectivity index is 1.61. The molecule has 2 aromatic carbocycles. The van der Waals surface area contributed by atoms with E-state index in [1.165, 1.54) is 0 Å². The molecule has 124 valence electrons. The van der Waals surface area contributed by atoms with Gasteiger partial charge >= 0.3 is 0 Å². The Hall–Kier alpha value is -3.66. The first kappa shape index (κ1) is 14.7. The van der Waals surface area contributed by atoms with Crippen molar-refractivity contribution in [3.8, 4) is 11.1 Å². The Bertz CT molecular complexity index is 1170. The van der Waals surface area contributed by atoms with Crippen molar-refractivity contribution in [3.05, 3.63) is 84.3 Å². The fourth-order valence-electron chi connectivity index (χ4n) is 3.44. The van der Waals surface area contributed by atoms with Crippen molar-refractivity contribution in [1.29, 1.82) is 0 Å². The number of carbonyl (C=O) groups excluding carboxylic acids is 1. The van der Waals surface area contributed by atoms with Crippen LogP contribution in [0.4, 0.5) is 5.69 Å². The second-order valence-electron chi connectivity index (χ2n) is 6.30. The Kier molecular flexibility index (Phi) is 3.22. The molecule has 0 radical (unpaired) electrons. The third-order valence-electron chi connectivity index (χ3n) is 4.73. The van der Waals surface area contributed by atoms with Crippen LogP contribution in [0, 0.1) is 0 Å². The third kappa shape index (κ3) is 2.31. The molecule has 0 saturated carbocycles. The number of aromatic nitrogens is 2. The van der Waals surface area contributed by atoms with Crippen LogP contribution in [0.3, 0.4) is 0 Å². The lowest BCUT2D eigenvalue weighted by Gasteiger charge is -2.04. The second kappa shape index (κ2) is 5.70. The van der Waals surface area contributed by atoms with Gasteiger partial charge in [0.1, 0.15) is 0 Å². The van der Waals surface area contributed by atoms with Crippen LogP contribution in [0.2, 0.25) is 0 Å². The first-order valence-electron chi connectivity index (χ1n) is 8.43. The highest BCUT2D eigenvalue weighted by molar-refractivity contribution is 6.35. The van der Waals surface area contributed by atoms with Crippen molar-refractivity contribution in [3.63, 3.8) is 0 Å². The number of carbonyl (C=O) groups is 1. The van der Waals surface area contributed by atoms with Gasteiger partial charge in [0.05, 0.1) is 0 Å². The molecule has 0 aliphatic carbocycles. The summed E-state index contributed by atoms with van der Waals surface area (Å²) in [5.74, 6) is -0.0733. The maximum atomic E-state index is 12.6. The molecule has 0 saturated heterocycles. The van der Waals surface area contributed by atoms with Gasteiger partial charge in [0, 0.05) is 51.9 Å². The number of amides is 1. The quantitative estimate of drug-likeness (QED) is 0.520. The van der Waals surface area contributed by atoms with Crippen molar-refractivity contribution >= 4 is 34.1 Å². The summed E-state index contributed by atoms with van der Waals surface area (Å²) in [6.45, 7) is 0. The van der Waals surface area contributed by atoms with Crippen LogP contribution < -0.4 is 5.32 Å². The summed E-state index contributed by atoms with van der Waals surface area (Å²) in [7, 11) is 0. The molecule has 2 N–H and O–H groups in total. The lowest BCUT2D eigenvalue weighted by atomic mass is 9.99. The molecule has 4 aromatic rings. The molecule has 2 aromatic heterocycles. The largest absolute Gasteiger partial charge is 0.361 e. The lowest BCUT2D eigenvalue weighted by molar-refractivity contribution is -0.110. The minimum atomic E-state index is -0.0733. The molecule has 0 bridgehead atoms. The summed E-state index contributed by atoms with van der Waals surface area (Å²) < 4.78 is 0. The predicted molar refractivity (Wildman–Crippen MR) is 104 cm³/mol. The monoisotopic (exact) mass is 337 g/mol. The maximum Gasteiger partial charge on any atom is 0.256 e. The van der Waals surface area contributed by atoms with Crippen LogP contribution in [-0.2, 0) is 4.79 Å². The highest BCUT2D eigenvalue weighted by Crippen LogP contribution is 2.36. The van der Waals surface area contributed by atoms with E-state index in [2.05, 4.69) is 15.3 Å². The van der Waals surface area contributed by atoms with E-state index in [4.69, 9.17) is 0 Å². The van der Waals surface area contributed by atoms with Crippen LogP contribution in [0.15, 0.2) is 73.2 Å². The number of benzene rings is 2. The standard InChI is InChI=1S/C22H15N3O/c26-22-19(11-15-3-1-5-20-17(15)8-10-24-20)18-7-6-14(12-21(18)25-22)16-4-2-9-23-13-16/h1-13,24H,(H,25,26)/b19-11+. The second-order valence-corrected chi connectivity index (χ2v) is 6.30. The summed E-state index contributed by atoms with van der Waals surface area (Å²) >= 11 is 0. The van der Waals surface area contributed by atoms with Crippen molar-refractivity contribution < 1.29 is 4.79 Å². The number of H-pyrrole nitrogens is 1. The highest BCUT2D eigenvalue weighted by Gasteiger charge is 2.24. The van der Waals surface area contributed by atoms with Gasteiger partial charge in [-0.25, -0.2) is 0 Å². The molecule has 4 heteroatoms. The van der Waals surface area contributed by atoms with E-state index < -0.39 is 0 Å². The molecule has 0 spiro atoms. The van der Waals surface area contributed by atoms with Gasteiger partial charge in [-0.15, -0.1) is 0 Å². The third-order valence-corrected chi connectivity index (χ3v) is 4.73. The van der Waals surface area contributed by atoms with Gasteiger partial charge in [0.2, 0.25) is 0 Å². The molecule has 1 amide bonds. The van der Waals surface area contributed by atoms with Crippen LogP contribution >= 0.6 is 0 Å². The van der Waals surface area contributed by atoms with Crippen molar-refractivity contribution in [2.75, 3.05) is 5.32 Å². The molecular weight excluding hydrogens is 322 g/mol. The molecule has 3 heterocycles. The van der Waals surface area contributed by atoms with E-state index >= 15 is 0 Å². The van der Waals surface area contributed by atoms with Gasteiger partial charge < -0.3 is 10.3 Å². The summed E-state index contributed by atoms with van der Waals surface area (Å²) in [4.78, 5) is 19.9. The van der Waals surface area contributed by atoms with Gasteiger partial charge in [0.15, 0.2) is 0 Å². The fraction of sp³-hybridized carbons (Fsp3) is 0. The molecular formula is C22H15N3O. The minimum absolute atomic E-state index is 0.0733. The molecule has 5 rings (SSSR count). The summed E-state index contributed by atoms with van der Waals surface area (Å²) in [5.41, 5.74) is 6.60. The van der Waals surface area contributed by atoms with Gasteiger partial charge in [0.25, 0.3) is 5.91 Å². The van der Waals surface area contributed by atoms with Crippen LogP contribution in [0.25, 0.3) is 33.7 Å². The number of fused-ring (bicyclic) bond motifs is 2. The van der Waals surface area contributed by atoms with Crippen molar-refractivity contribution in [2.45, 2.75) is 0 Å². The first-order valence-corrected chi connectivity index (χ1v) is 8.43. The average molecular weight is 337 g/mol. The zero-order valence-electron chi connectivity index (χ0n) is 13.9. The number of anilines is 1. The Labute approximate surface area is 150 Å². The summed E-state index contributed by atoms with van der Waals surface area (Å²) in [6, 6.07) is 18.0. The predicted octanol–water partition coefficient (Wildman–Crippen LogP) is 4.72. The van der Waals surface area contributed by atoms with E-state index in [1.807, 2.05) is 73.1 Å². The number of hydrogen-bond acceptors (Lipinski definition) is 2. The van der Waals surface area contributed by atoms with Crippen LogP contribution in [0.5, 0.6) is 0 Å². The fourth-order valence-corrected chi connectivity index (χ4v) is 3.44. The Morgan fingerprint density at radius 3 is 2.81 bits per heavy atom. The van der Waals surface area contributed by atoms with E-state index in [9.17, 15) is 4.79 Å². The van der Waals surface area contributed by atoms with Crippen molar-refractivity contribution in [2.24, 2.45) is 0 Å². The van der Waals surface area contributed by atoms with Gasteiger partial charge in [-0.1, -0.05) is 30.3 Å². The van der Waals surface area contributed by atoms with Gasteiger partial charge in [-0.2, -0.15) is 0 Å². The summed E-state index contributed by atoms with van der Waals surface area (Å²) in [5, 5.41) is 4.09. The average Bonchev–Trinajstić information content (AvgIpc) is 3.27. The molecule has 4 nitrogen and oxygen atoms in total. The number of pyridine rings is 1. The number of hydrogen-bond donors (Lipinski definition) is 2. The van der Waals surface area contributed by atoms with Crippen LogP contribution in [0.1, 0.15) is 11.1 Å². The van der Waals surface area contributed by atoms with E-state index in [0.29, 0.717) is 5.57 Å². The first-order chi connectivity index (χ1) is 12.8. The zero-order valence-corrected chi connectivity index (χ0v) is 13.9. The van der Waals surface area contributed by atoms with E-state index in [1.54, 1.807) is 6.20 Å². The molecule has 0 unspecified atom stereocenters. The topological polar surface area (TPSA) is 57.8 Å². The summed E-state index contributed by atoms with van der Waals surface area (Å²) in [6.07, 6.45) is 7.44. The highest BCUT2D eigenvalue weighted by atomic mass is 16.2. The minimum Gasteiger partial charge on any atom is -0.361 e. The smallest absolute Gasteiger partial charge is 0.256 e. The Morgan fingerprint density at radius 1 is 0.962 bits per heavy atom. The van der Waals surface area contributed by atoms with Gasteiger partial charge in [-0.05, 0) is 41.5 Å². The number of rotatable bonds is 2. The molecule has 1 aliphatic rings. The number of aromatic amines is 1.